The largest absolute Gasteiger partial charge is 0.380 e. The molecule has 1 rings (SSSR count). The van der Waals surface area contributed by atoms with Gasteiger partial charge in [-0.15, -0.1) is 0 Å². The van der Waals surface area contributed by atoms with Crippen molar-refractivity contribution in [3.63, 3.8) is 0 Å². The first-order chi connectivity index (χ1) is 9.88. The summed E-state index contributed by atoms with van der Waals surface area (Å²) in [5.41, 5.74) is 0. The van der Waals surface area contributed by atoms with Crippen molar-refractivity contribution in [2.24, 2.45) is 0 Å². The van der Waals surface area contributed by atoms with E-state index in [0.717, 1.165) is 0 Å². The Balaban J connectivity index is 2.41. The summed E-state index contributed by atoms with van der Waals surface area (Å²) in [7, 11) is 3.09. The van der Waals surface area contributed by atoms with E-state index in [-0.39, 0.29) is 24.0 Å². The number of carbonyl (C=O) groups is 3. The van der Waals surface area contributed by atoms with Crippen molar-refractivity contribution >= 4 is 17.7 Å². The third kappa shape index (κ3) is 4.98. The number of methoxy groups -OCH3 is 1. The number of ether oxygens (including phenoxy) is 1. The molecule has 0 aromatic rings. The number of carbonyl (C=O) groups excluding carboxylic acids is 3. The Morgan fingerprint density at radius 3 is 2.29 bits per heavy atom. The van der Waals surface area contributed by atoms with Crippen LogP contribution >= 0.6 is 0 Å². The minimum absolute atomic E-state index is 0.0122. The summed E-state index contributed by atoms with van der Waals surface area (Å²) < 4.78 is 5.17. The molecule has 8 nitrogen and oxygen atoms in total. The fourth-order valence-corrected chi connectivity index (χ4v) is 2.08. The lowest BCUT2D eigenvalue weighted by molar-refractivity contribution is -0.131. The molecule has 0 spiro atoms. The molecule has 1 aliphatic rings. The average molecular weight is 300 g/mol. The average Bonchev–Trinajstić information content (AvgIpc) is 2.94. The van der Waals surface area contributed by atoms with Gasteiger partial charge in [-0.1, -0.05) is 0 Å². The number of hydrogen-bond donors (Lipinski definition) is 4. The molecule has 0 aliphatic carbocycles. The van der Waals surface area contributed by atoms with Crippen LogP contribution in [0.4, 0.5) is 0 Å². The summed E-state index contributed by atoms with van der Waals surface area (Å²) in [4.78, 5) is 35.2. The van der Waals surface area contributed by atoms with Gasteiger partial charge in [0.15, 0.2) is 0 Å². The molecule has 8 heteroatoms. The minimum atomic E-state index is -0.715. The smallest absolute Gasteiger partial charge is 0.242 e. The topological polar surface area (TPSA) is 109 Å². The van der Waals surface area contributed by atoms with E-state index in [1.807, 2.05) is 0 Å². The number of likely N-dealkylation sites (N-methyl/N-ethyl adjacent to an activating group) is 1. The van der Waals surface area contributed by atoms with Crippen LogP contribution in [0.3, 0.4) is 0 Å². The molecule has 1 saturated heterocycles. The van der Waals surface area contributed by atoms with Gasteiger partial charge in [0.25, 0.3) is 0 Å². The second-order valence-electron chi connectivity index (χ2n) is 5.13. The van der Waals surface area contributed by atoms with Crippen LogP contribution in [0, 0.1) is 0 Å². The maximum absolute atomic E-state index is 12.0. The minimum Gasteiger partial charge on any atom is -0.380 e. The first-order valence-corrected chi connectivity index (χ1v) is 6.97. The second kappa shape index (κ2) is 7.94. The van der Waals surface area contributed by atoms with E-state index in [0.29, 0.717) is 13.0 Å². The summed E-state index contributed by atoms with van der Waals surface area (Å²) >= 11 is 0. The molecular formula is C13H24N4O4. The zero-order valence-electron chi connectivity index (χ0n) is 12.9. The Kier molecular flexibility index (Phi) is 6.57. The highest BCUT2D eigenvalue weighted by Gasteiger charge is 2.31. The van der Waals surface area contributed by atoms with Crippen molar-refractivity contribution in [1.29, 1.82) is 0 Å². The van der Waals surface area contributed by atoms with Gasteiger partial charge in [0, 0.05) is 20.7 Å². The molecule has 0 aromatic carbocycles. The highest BCUT2D eigenvalue weighted by Crippen LogP contribution is 2.09. The fraction of sp³-hybridized carbons (Fsp3) is 0.769. The summed E-state index contributed by atoms with van der Waals surface area (Å²) in [5.74, 6) is -0.937. The highest BCUT2D eigenvalue weighted by molar-refractivity contribution is 5.92. The van der Waals surface area contributed by atoms with E-state index in [4.69, 9.17) is 4.74 Å². The van der Waals surface area contributed by atoms with Gasteiger partial charge >= 0.3 is 0 Å². The predicted molar refractivity (Wildman–Crippen MR) is 76.5 cm³/mol. The van der Waals surface area contributed by atoms with E-state index < -0.39 is 18.0 Å². The lowest BCUT2D eigenvalue weighted by Gasteiger charge is -2.19. The van der Waals surface area contributed by atoms with E-state index >= 15 is 0 Å². The molecule has 0 saturated carbocycles. The number of nitrogens with one attached hydrogen (secondary N) is 4. The zero-order valence-corrected chi connectivity index (χ0v) is 12.9. The number of amides is 3. The molecule has 21 heavy (non-hydrogen) atoms. The van der Waals surface area contributed by atoms with Crippen molar-refractivity contribution < 1.29 is 19.1 Å². The van der Waals surface area contributed by atoms with Crippen LogP contribution in [-0.2, 0) is 19.1 Å². The summed E-state index contributed by atoms with van der Waals surface area (Å²) in [5, 5.41) is 10.6. The fourth-order valence-electron chi connectivity index (χ4n) is 2.08. The molecule has 0 radical (unpaired) electrons. The quantitative estimate of drug-likeness (QED) is 0.459. The summed E-state index contributed by atoms with van der Waals surface area (Å²) in [6, 6.07) is -1.72. The monoisotopic (exact) mass is 300 g/mol. The Morgan fingerprint density at radius 1 is 1.14 bits per heavy atom. The Labute approximate surface area is 124 Å². The number of rotatable bonds is 6. The first-order valence-electron chi connectivity index (χ1n) is 6.97. The van der Waals surface area contributed by atoms with Gasteiger partial charge in [-0.2, -0.15) is 0 Å². The van der Waals surface area contributed by atoms with Crippen molar-refractivity contribution in [2.45, 2.75) is 44.5 Å². The molecule has 120 valence electrons. The molecule has 1 fully saturated rings. The second-order valence-corrected chi connectivity index (χ2v) is 5.13. The van der Waals surface area contributed by atoms with E-state index in [9.17, 15) is 14.4 Å². The van der Waals surface area contributed by atoms with Crippen LogP contribution in [0.25, 0.3) is 0 Å². The third-order valence-electron chi connectivity index (χ3n) is 3.49. The molecule has 4 atom stereocenters. The Bertz CT molecular complexity index is 402. The predicted octanol–water partition coefficient (Wildman–Crippen LogP) is -1.88. The van der Waals surface area contributed by atoms with Crippen LogP contribution in [0.15, 0.2) is 0 Å². The standard InChI is InChI=1S/C13H24N4O4/c1-7(11(18)14-3)16-12(19)8(2)17-13(20)10-5-9(21-4)6-15-10/h7-10,15H,5-6H2,1-4H3,(H,14,18)(H,16,19)(H,17,20). The van der Waals surface area contributed by atoms with E-state index in [2.05, 4.69) is 21.3 Å². The van der Waals surface area contributed by atoms with Crippen LogP contribution in [0.2, 0.25) is 0 Å². The van der Waals surface area contributed by atoms with Gasteiger partial charge in [0.1, 0.15) is 12.1 Å². The summed E-state index contributed by atoms with van der Waals surface area (Å²) in [6.07, 6.45) is 0.587. The highest BCUT2D eigenvalue weighted by atomic mass is 16.5. The van der Waals surface area contributed by atoms with Gasteiger partial charge in [0.2, 0.25) is 17.7 Å². The lowest BCUT2D eigenvalue weighted by Crippen LogP contribution is -2.53. The van der Waals surface area contributed by atoms with Gasteiger partial charge in [-0.05, 0) is 20.3 Å². The molecule has 4 unspecified atom stereocenters. The molecule has 1 heterocycles. The Hall–Kier alpha value is -1.67. The molecule has 1 aliphatic heterocycles. The van der Waals surface area contributed by atoms with Crippen LogP contribution < -0.4 is 21.3 Å². The van der Waals surface area contributed by atoms with Gasteiger partial charge < -0.3 is 26.0 Å². The lowest BCUT2D eigenvalue weighted by atomic mass is 10.1. The Morgan fingerprint density at radius 2 is 1.76 bits per heavy atom. The summed E-state index contributed by atoms with van der Waals surface area (Å²) in [6.45, 7) is 3.77. The SMILES string of the molecule is CNC(=O)C(C)NC(=O)C(C)NC(=O)C1CC(OC)CN1. The maximum Gasteiger partial charge on any atom is 0.242 e. The van der Waals surface area contributed by atoms with Crippen LogP contribution in [0.5, 0.6) is 0 Å². The normalized spacial score (nSPS) is 24.0. The van der Waals surface area contributed by atoms with Gasteiger partial charge in [0.05, 0.1) is 12.1 Å². The molecular weight excluding hydrogens is 276 g/mol. The van der Waals surface area contributed by atoms with Crippen LogP contribution in [0.1, 0.15) is 20.3 Å². The van der Waals surface area contributed by atoms with Crippen LogP contribution in [-0.4, -0.2) is 62.7 Å². The van der Waals surface area contributed by atoms with E-state index in [1.54, 1.807) is 21.0 Å². The maximum atomic E-state index is 12.0. The first kappa shape index (κ1) is 17.4. The van der Waals surface area contributed by atoms with E-state index in [1.165, 1.54) is 7.05 Å². The van der Waals surface area contributed by atoms with Crippen molar-refractivity contribution in [1.82, 2.24) is 21.3 Å². The molecule has 4 N–H and O–H groups in total. The molecule has 0 bridgehead atoms. The third-order valence-corrected chi connectivity index (χ3v) is 3.49. The number of hydrogen-bond acceptors (Lipinski definition) is 5. The van der Waals surface area contributed by atoms with Crippen molar-refractivity contribution in [3.05, 3.63) is 0 Å². The van der Waals surface area contributed by atoms with Gasteiger partial charge in [-0.25, -0.2) is 0 Å². The zero-order chi connectivity index (χ0) is 16.0. The van der Waals surface area contributed by atoms with Crippen molar-refractivity contribution in [2.75, 3.05) is 20.7 Å². The van der Waals surface area contributed by atoms with Gasteiger partial charge in [-0.3, -0.25) is 14.4 Å². The molecule has 3 amide bonds. The van der Waals surface area contributed by atoms with Crippen molar-refractivity contribution in [3.8, 4) is 0 Å². The molecule has 0 aromatic heterocycles.